The van der Waals surface area contributed by atoms with Gasteiger partial charge in [0.25, 0.3) is 0 Å². The Labute approximate surface area is 126 Å². The minimum Gasteiger partial charge on any atom is -0.367 e. The van der Waals surface area contributed by atoms with Crippen molar-refractivity contribution in [2.75, 3.05) is 11.9 Å². The molecule has 3 heterocycles. The molecular formula is C15H16N4OS. The highest BCUT2D eigenvalue weighted by Crippen LogP contribution is 2.30. The minimum absolute atomic E-state index is 0.0899. The first-order valence-corrected chi connectivity index (χ1v) is 7.69. The van der Waals surface area contributed by atoms with E-state index in [4.69, 9.17) is 0 Å². The lowest BCUT2D eigenvalue weighted by Crippen LogP contribution is -2.04. The first-order chi connectivity index (χ1) is 10.2. The second-order valence-electron chi connectivity index (χ2n) is 4.76. The molecule has 5 nitrogen and oxygen atoms in total. The van der Waals surface area contributed by atoms with Gasteiger partial charge in [0.15, 0.2) is 17.2 Å². The summed E-state index contributed by atoms with van der Waals surface area (Å²) in [5.74, 6) is 0.876. The fourth-order valence-electron chi connectivity index (χ4n) is 2.13. The van der Waals surface area contributed by atoms with Crippen LogP contribution in [-0.2, 0) is 0 Å². The molecule has 0 radical (unpaired) electrons. The van der Waals surface area contributed by atoms with E-state index < -0.39 is 0 Å². The second-order valence-corrected chi connectivity index (χ2v) is 5.84. The van der Waals surface area contributed by atoms with Crippen LogP contribution in [0.15, 0.2) is 30.7 Å². The van der Waals surface area contributed by atoms with Gasteiger partial charge in [-0.3, -0.25) is 9.20 Å². The van der Waals surface area contributed by atoms with E-state index in [9.17, 15) is 4.79 Å². The van der Waals surface area contributed by atoms with Gasteiger partial charge in [0, 0.05) is 18.9 Å². The number of nitrogens with one attached hydrogen (secondary N) is 1. The Kier molecular flexibility index (Phi) is 3.70. The van der Waals surface area contributed by atoms with Crippen molar-refractivity contribution in [3.8, 4) is 10.6 Å². The Bertz CT molecular complexity index is 790. The number of rotatable bonds is 5. The summed E-state index contributed by atoms with van der Waals surface area (Å²) in [6.45, 7) is 4.56. The number of anilines is 1. The van der Waals surface area contributed by atoms with Crippen molar-refractivity contribution in [1.29, 1.82) is 0 Å². The molecule has 21 heavy (non-hydrogen) atoms. The number of thiophene rings is 1. The van der Waals surface area contributed by atoms with Gasteiger partial charge in [0.1, 0.15) is 0 Å². The zero-order valence-corrected chi connectivity index (χ0v) is 12.8. The molecule has 3 rings (SSSR count). The molecule has 6 heteroatoms. The highest BCUT2D eigenvalue weighted by molar-refractivity contribution is 7.17. The summed E-state index contributed by atoms with van der Waals surface area (Å²) in [5, 5.41) is 3.28. The highest BCUT2D eigenvalue weighted by atomic mass is 32.1. The number of fused-ring (bicyclic) bond motifs is 1. The Balaban J connectivity index is 2.05. The van der Waals surface area contributed by atoms with Crippen molar-refractivity contribution in [1.82, 2.24) is 14.4 Å². The number of carbonyl (C=O) groups excluding carboxylic acids is 1. The van der Waals surface area contributed by atoms with Crippen LogP contribution in [-0.4, -0.2) is 26.7 Å². The normalized spacial score (nSPS) is 11.0. The Morgan fingerprint density at radius 1 is 1.38 bits per heavy atom. The molecule has 0 spiro atoms. The molecule has 0 bridgehead atoms. The van der Waals surface area contributed by atoms with E-state index >= 15 is 0 Å². The largest absolute Gasteiger partial charge is 0.367 e. The van der Waals surface area contributed by atoms with Gasteiger partial charge in [-0.1, -0.05) is 6.92 Å². The lowest BCUT2D eigenvalue weighted by Gasteiger charge is -2.05. The number of imidazole rings is 1. The lowest BCUT2D eigenvalue weighted by atomic mass is 10.3. The molecule has 108 valence electrons. The summed E-state index contributed by atoms with van der Waals surface area (Å²) in [7, 11) is 0. The number of carbonyl (C=O) groups is 1. The molecule has 0 aromatic carbocycles. The highest BCUT2D eigenvalue weighted by Gasteiger charge is 2.12. The van der Waals surface area contributed by atoms with Crippen molar-refractivity contribution >= 4 is 28.6 Å². The molecule has 0 amide bonds. The van der Waals surface area contributed by atoms with E-state index in [1.54, 1.807) is 13.1 Å². The fraction of sp³-hybridized carbons (Fsp3) is 0.267. The summed E-state index contributed by atoms with van der Waals surface area (Å²) in [6.07, 6.45) is 6.50. The number of nitrogens with zero attached hydrogens (tertiary/aromatic N) is 3. The van der Waals surface area contributed by atoms with Gasteiger partial charge >= 0.3 is 0 Å². The molecule has 0 aliphatic rings. The van der Waals surface area contributed by atoms with Crippen LogP contribution in [0.1, 0.15) is 29.9 Å². The summed E-state index contributed by atoms with van der Waals surface area (Å²) >= 11 is 1.49. The predicted octanol–water partition coefficient (Wildman–Crippen LogP) is 3.48. The van der Waals surface area contributed by atoms with Gasteiger partial charge in [-0.05, 0) is 25.5 Å². The molecule has 3 aromatic rings. The smallest absolute Gasteiger partial charge is 0.180 e. The van der Waals surface area contributed by atoms with E-state index in [1.807, 2.05) is 28.9 Å². The van der Waals surface area contributed by atoms with Gasteiger partial charge in [-0.2, -0.15) is 0 Å². The van der Waals surface area contributed by atoms with Gasteiger partial charge < -0.3 is 5.32 Å². The molecule has 0 atom stereocenters. The van der Waals surface area contributed by atoms with Crippen LogP contribution in [0.4, 0.5) is 5.82 Å². The fourth-order valence-corrected chi connectivity index (χ4v) is 3.04. The maximum atomic E-state index is 11.4. The minimum atomic E-state index is 0.0899. The molecule has 0 aliphatic heterocycles. The quantitative estimate of drug-likeness (QED) is 0.733. The maximum absolute atomic E-state index is 11.4. The van der Waals surface area contributed by atoms with Gasteiger partial charge in [0.05, 0.1) is 21.6 Å². The molecule has 0 fully saturated rings. The van der Waals surface area contributed by atoms with Gasteiger partial charge in [-0.25, -0.2) is 9.97 Å². The van der Waals surface area contributed by atoms with Crippen LogP contribution in [0.25, 0.3) is 16.2 Å². The standard InChI is InChI=1S/C15H16N4OS/c1-3-6-16-14-15-18-9-11(19(15)8-7-17-14)13-5-4-12(21-13)10(2)20/h4-5,7-9H,3,6H2,1-2H3,(H,16,17). The van der Waals surface area contributed by atoms with Crippen LogP contribution in [0, 0.1) is 0 Å². The van der Waals surface area contributed by atoms with Crippen molar-refractivity contribution in [2.45, 2.75) is 20.3 Å². The third-order valence-corrected chi connectivity index (χ3v) is 4.38. The first kappa shape index (κ1) is 13.8. The van der Waals surface area contributed by atoms with Crippen LogP contribution in [0.3, 0.4) is 0 Å². The number of Topliss-reactive ketones (excluding diaryl/α,β-unsaturated/α-hetero) is 1. The third-order valence-electron chi connectivity index (χ3n) is 3.18. The first-order valence-electron chi connectivity index (χ1n) is 6.87. The van der Waals surface area contributed by atoms with E-state index in [0.29, 0.717) is 0 Å². The van der Waals surface area contributed by atoms with E-state index in [1.165, 1.54) is 11.3 Å². The van der Waals surface area contributed by atoms with E-state index in [-0.39, 0.29) is 5.78 Å². The molecule has 0 aliphatic carbocycles. The zero-order valence-electron chi connectivity index (χ0n) is 12.0. The van der Waals surface area contributed by atoms with Gasteiger partial charge in [-0.15, -0.1) is 11.3 Å². The van der Waals surface area contributed by atoms with Crippen LogP contribution >= 0.6 is 11.3 Å². The molecule has 0 saturated carbocycles. The number of aromatic nitrogens is 3. The molecular weight excluding hydrogens is 284 g/mol. The van der Waals surface area contributed by atoms with Crippen molar-refractivity contribution in [3.63, 3.8) is 0 Å². The summed E-state index contributed by atoms with van der Waals surface area (Å²) in [5.41, 5.74) is 1.78. The van der Waals surface area contributed by atoms with Crippen molar-refractivity contribution in [2.24, 2.45) is 0 Å². The monoisotopic (exact) mass is 300 g/mol. The summed E-state index contributed by atoms with van der Waals surface area (Å²) < 4.78 is 2.00. The average Bonchev–Trinajstić information content (AvgIpc) is 3.11. The van der Waals surface area contributed by atoms with Crippen LogP contribution in [0.2, 0.25) is 0 Å². The average molecular weight is 300 g/mol. The Morgan fingerprint density at radius 3 is 2.95 bits per heavy atom. The maximum Gasteiger partial charge on any atom is 0.180 e. The molecule has 0 unspecified atom stereocenters. The zero-order chi connectivity index (χ0) is 14.8. The lowest BCUT2D eigenvalue weighted by molar-refractivity contribution is 0.102. The van der Waals surface area contributed by atoms with Crippen LogP contribution < -0.4 is 5.32 Å². The van der Waals surface area contributed by atoms with Crippen molar-refractivity contribution < 1.29 is 4.79 Å². The topological polar surface area (TPSA) is 59.3 Å². The SMILES string of the molecule is CCCNc1nccn2c(-c3ccc(C(C)=O)s3)cnc12. The van der Waals surface area contributed by atoms with E-state index in [2.05, 4.69) is 22.2 Å². The van der Waals surface area contributed by atoms with Crippen molar-refractivity contribution in [3.05, 3.63) is 35.6 Å². The Hall–Kier alpha value is -2.21. The number of ketones is 1. The number of hydrogen-bond donors (Lipinski definition) is 1. The van der Waals surface area contributed by atoms with E-state index in [0.717, 1.165) is 39.9 Å². The number of hydrogen-bond acceptors (Lipinski definition) is 5. The predicted molar refractivity (Wildman–Crippen MR) is 85.1 cm³/mol. The van der Waals surface area contributed by atoms with Gasteiger partial charge in [0.2, 0.25) is 0 Å². The summed E-state index contributed by atoms with van der Waals surface area (Å²) in [4.78, 5) is 22.0. The molecule has 3 aromatic heterocycles. The Morgan fingerprint density at radius 2 is 2.24 bits per heavy atom. The second kappa shape index (κ2) is 5.65. The third kappa shape index (κ3) is 2.54. The molecule has 0 saturated heterocycles. The van der Waals surface area contributed by atoms with Crippen LogP contribution in [0.5, 0.6) is 0 Å². The summed E-state index contributed by atoms with van der Waals surface area (Å²) in [6, 6.07) is 3.82. The molecule has 1 N–H and O–H groups in total.